The largest absolute Gasteiger partial charge is 0.478 e. The third-order valence-electron chi connectivity index (χ3n) is 4.91. The number of aryl methyl sites for hydroxylation is 1. The first kappa shape index (κ1) is 24.0. The Labute approximate surface area is 184 Å². The van der Waals surface area contributed by atoms with Crippen LogP contribution in [0.25, 0.3) is 0 Å². The third kappa shape index (κ3) is 6.65. The number of fused-ring (bicyclic) bond motifs is 2. The molecular formula is C21H27BrN2O6. The highest BCUT2D eigenvalue weighted by molar-refractivity contribution is 9.10. The van der Waals surface area contributed by atoms with E-state index in [4.69, 9.17) is 14.9 Å². The molecular weight excluding hydrogens is 456 g/mol. The van der Waals surface area contributed by atoms with E-state index in [-0.39, 0.29) is 5.91 Å². The van der Waals surface area contributed by atoms with E-state index in [2.05, 4.69) is 27.3 Å². The molecule has 0 aromatic heterocycles. The zero-order valence-electron chi connectivity index (χ0n) is 16.9. The second-order valence-corrected chi connectivity index (χ2v) is 7.78. The Morgan fingerprint density at radius 1 is 1.13 bits per heavy atom. The molecule has 0 spiro atoms. The molecule has 9 heteroatoms. The van der Waals surface area contributed by atoms with Crippen molar-refractivity contribution < 1.29 is 29.3 Å². The van der Waals surface area contributed by atoms with Crippen LogP contribution in [0.4, 0.5) is 5.69 Å². The van der Waals surface area contributed by atoms with E-state index in [1.807, 2.05) is 4.90 Å². The van der Waals surface area contributed by atoms with Gasteiger partial charge >= 0.3 is 11.9 Å². The molecule has 164 valence electrons. The molecule has 8 nitrogen and oxygen atoms in total. The molecule has 0 radical (unpaired) electrons. The molecule has 2 aliphatic rings. The number of carboxylic acids is 2. The summed E-state index contributed by atoms with van der Waals surface area (Å²) in [5, 5.41) is 19.1. The molecule has 0 atom stereocenters. The van der Waals surface area contributed by atoms with Gasteiger partial charge in [0.1, 0.15) is 0 Å². The monoisotopic (exact) mass is 482 g/mol. The Kier molecular flexibility index (Phi) is 9.48. The molecule has 0 aliphatic carbocycles. The minimum Gasteiger partial charge on any atom is -0.478 e. The molecule has 0 unspecified atom stereocenters. The second-order valence-electron chi connectivity index (χ2n) is 6.99. The quantitative estimate of drug-likeness (QED) is 0.420. The van der Waals surface area contributed by atoms with Gasteiger partial charge in [0.15, 0.2) is 0 Å². The van der Waals surface area contributed by atoms with Crippen LogP contribution in [0.5, 0.6) is 0 Å². The van der Waals surface area contributed by atoms with Gasteiger partial charge in [0.2, 0.25) is 5.91 Å². The van der Waals surface area contributed by atoms with Crippen LogP contribution in [0.15, 0.2) is 22.7 Å². The number of hydrogen-bond donors (Lipinski definition) is 3. The van der Waals surface area contributed by atoms with Crippen molar-refractivity contribution in [3.63, 3.8) is 0 Å². The molecule has 0 fully saturated rings. The van der Waals surface area contributed by atoms with E-state index in [1.165, 1.54) is 16.7 Å². The van der Waals surface area contributed by atoms with Crippen LogP contribution in [0.3, 0.4) is 0 Å². The fourth-order valence-corrected chi connectivity index (χ4v) is 4.50. The lowest BCUT2D eigenvalue weighted by Gasteiger charge is -2.32. The number of methoxy groups -OCH3 is 1. The predicted octanol–water partition coefficient (Wildman–Crippen LogP) is 2.16. The minimum atomic E-state index is -1.26. The number of hydrogen-bond acceptors (Lipinski definition) is 5. The number of ether oxygens (including phenoxy) is 1. The average Bonchev–Trinajstić information content (AvgIpc) is 2.95. The lowest BCUT2D eigenvalue weighted by Crippen LogP contribution is -2.37. The van der Waals surface area contributed by atoms with Gasteiger partial charge in [-0.15, -0.1) is 0 Å². The smallest absolute Gasteiger partial charge is 0.328 e. The van der Waals surface area contributed by atoms with Crippen LogP contribution in [0.1, 0.15) is 29.5 Å². The highest BCUT2D eigenvalue weighted by atomic mass is 79.9. The number of aliphatic carboxylic acids is 2. The molecule has 1 aromatic carbocycles. The summed E-state index contributed by atoms with van der Waals surface area (Å²) in [6.07, 6.45) is 5.54. The molecule has 1 amide bonds. The standard InChI is InChI=1S/C17H23BrN2O2.C4H4O4/c1-22-10-2-9-20-15(21)4-3-13-11-12-5-7-19-8-6-14(12)16(18)17(13)20;5-3(6)1-2-4(7)8/h11,19H,2-10H2,1H3;1-2H,(H,5,6)(H,7,8)/b;2-1+. The van der Waals surface area contributed by atoms with Crippen molar-refractivity contribution in [3.05, 3.63) is 39.4 Å². The van der Waals surface area contributed by atoms with E-state index in [9.17, 15) is 14.4 Å². The van der Waals surface area contributed by atoms with Gasteiger partial charge in [0.05, 0.1) is 5.69 Å². The maximum absolute atomic E-state index is 12.4. The maximum atomic E-state index is 12.4. The van der Waals surface area contributed by atoms with Crippen LogP contribution in [-0.4, -0.2) is 61.4 Å². The fourth-order valence-electron chi connectivity index (χ4n) is 3.58. The number of anilines is 1. The molecule has 2 aliphatic heterocycles. The van der Waals surface area contributed by atoms with Crippen molar-refractivity contribution in [2.45, 2.75) is 32.1 Å². The number of rotatable bonds is 6. The maximum Gasteiger partial charge on any atom is 0.328 e. The van der Waals surface area contributed by atoms with Gasteiger partial charge in [-0.25, -0.2) is 9.59 Å². The highest BCUT2D eigenvalue weighted by Crippen LogP contribution is 2.40. The Hall–Kier alpha value is -2.23. The van der Waals surface area contributed by atoms with Gasteiger partial charge in [-0.05, 0) is 71.4 Å². The van der Waals surface area contributed by atoms with Gasteiger partial charge in [0, 0.05) is 43.3 Å². The summed E-state index contributed by atoms with van der Waals surface area (Å²) in [5.74, 6) is -2.28. The van der Waals surface area contributed by atoms with Gasteiger partial charge in [0.25, 0.3) is 0 Å². The fraction of sp³-hybridized carbons (Fsp3) is 0.476. The van der Waals surface area contributed by atoms with Crippen LogP contribution in [0, 0.1) is 0 Å². The van der Waals surface area contributed by atoms with E-state index >= 15 is 0 Å². The predicted molar refractivity (Wildman–Crippen MR) is 116 cm³/mol. The zero-order chi connectivity index (χ0) is 22.1. The van der Waals surface area contributed by atoms with Gasteiger partial charge < -0.3 is 25.2 Å². The van der Waals surface area contributed by atoms with E-state index in [0.717, 1.165) is 55.5 Å². The summed E-state index contributed by atoms with van der Waals surface area (Å²) in [7, 11) is 1.70. The summed E-state index contributed by atoms with van der Waals surface area (Å²) < 4.78 is 6.27. The number of amides is 1. The van der Waals surface area contributed by atoms with Gasteiger partial charge in [-0.2, -0.15) is 0 Å². The first-order chi connectivity index (χ1) is 14.3. The first-order valence-corrected chi connectivity index (χ1v) is 10.6. The summed E-state index contributed by atoms with van der Waals surface area (Å²) in [6, 6.07) is 2.33. The van der Waals surface area contributed by atoms with Gasteiger partial charge in [-0.1, -0.05) is 6.07 Å². The normalized spacial score (nSPS) is 15.7. The lowest BCUT2D eigenvalue weighted by atomic mass is 9.93. The number of nitrogens with one attached hydrogen (secondary N) is 1. The molecule has 3 rings (SSSR count). The van der Waals surface area contributed by atoms with E-state index in [1.54, 1.807) is 7.11 Å². The number of carbonyl (C=O) groups excluding carboxylic acids is 1. The number of nitrogens with zero attached hydrogens (tertiary/aromatic N) is 1. The molecule has 0 bridgehead atoms. The molecule has 0 saturated heterocycles. The van der Waals surface area contributed by atoms with Crippen LogP contribution in [-0.2, 0) is 38.4 Å². The molecule has 30 heavy (non-hydrogen) atoms. The van der Waals surface area contributed by atoms with Crippen molar-refractivity contribution in [1.82, 2.24) is 5.32 Å². The number of benzene rings is 1. The highest BCUT2D eigenvalue weighted by Gasteiger charge is 2.28. The average molecular weight is 483 g/mol. The Balaban J connectivity index is 0.000000343. The summed E-state index contributed by atoms with van der Waals surface area (Å²) in [4.78, 5) is 33.5. The Morgan fingerprint density at radius 2 is 1.80 bits per heavy atom. The van der Waals surface area contributed by atoms with Crippen molar-refractivity contribution in [3.8, 4) is 0 Å². The van der Waals surface area contributed by atoms with Crippen molar-refractivity contribution in [2.75, 3.05) is 38.3 Å². The van der Waals surface area contributed by atoms with Gasteiger partial charge in [-0.3, -0.25) is 4.79 Å². The van der Waals surface area contributed by atoms with Crippen molar-refractivity contribution in [1.29, 1.82) is 0 Å². The second kappa shape index (κ2) is 11.8. The summed E-state index contributed by atoms with van der Waals surface area (Å²) in [6.45, 7) is 3.46. The number of carboxylic acid groups (broad SMARTS) is 2. The molecule has 2 heterocycles. The Bertz CT molecular complexity index is 808. The number of halogens is 1. The lowest BCUT2D eigenvalue weighted by molar-refractivity contribution is -0.134. The summed E-state index contributed by atoms with van der Waals surface area (Å²) in [5.41, 5.74) is 5.22. The van der Waals surface area contributed by atoms with Crippen LogP contribution >= 0.6 is 15.9 Å². The molecule has 0 saturated carbocycles. The topological polar surface area (TPSA) is 116 Å². The Morgan fingerprint density at radius 3 is 2.43 bits per heavy atom. The zero-order valence-corrected chi connectivity index (χ0v) is 18.5. The van der Waals surface area contributed by atoms with Crippen LogP contribution in [0.2, 0.25) is 0 Å². The molecule has 1 aromatic rings. The van der Waals surface area contributed by atoms with E-state index in [0.29, 0.717) is 25.2 Å². The van der Waals surface area contributed by atoms with E-state index < -0.39 is 11.9 Å². The SMILES string of the molecule is COCCCN1C(=O)CCc2cc3c(c(Br)c21)CCNCC3.O=C(O)/C=C/C(=O)O. The first-order valence-electron chi connectivity index (χ1n) is 9.82. The van der Waals surface area contributed by atoms with Crippen molar-refractivity contribution >= 4 is 39.5 Å². The number of carbonyl (C=O) groups is 3. The minimum absolute atomic E-state index is 0.232. The third-order valence-corrected chi connectivity index (χ3v) is 5.77. The van der Waals surface area contributed by atoms with Crippen molar-refractivity contribution in [2.24, 2.45) is 0 Å². The summed E-state index contributed by atoms with van der Waals surface area (Å²) >= 11 is 3.81. The van der Waals surface area contributed by atoms with Crippen LogP contribution < -0.4 is 10.2 Å². The molecule has 3 N–H and O–H groups in total.